The molecule has 0 fully saturated rings. The molecule has 0 atom stereocenters. The summed E-state index contributed by atoms with van der Waals surface area (Å²) in [5, 5.41) is 4.91. The van der Waals surface area contributed by atoms with Gasteiger partial charge in [0.2, 0.25) is 0 Å². The molecular formula is C24H25FN2O3. The lowest BCUT2D eigenvalue weighted by atomic mass is 10.1. The van der Waals surface area contributed by atoms with Crippen LogP contribution >= 0.6 is 0 Å². The number of H-pyrrole nitrogens is 1. The molecule has 156 valence electrons. The highest BCUT2D eigenvalue weighted by Gasteiger charge is 2.06. The summed E-state index contributed by atoms with van der Waals surface area (Å²) in [6.07, 6.45) is 6.42. The molecule has 2 heterocycles. The van der Waals surface area contributed by atoms with E-state index in [1.165, 1.54) is 12.3 Å². The Labute approximate surface area is 173 Å². The molecule has 0 bridgehead atoms. The Kier molecular flexibility index (Phi) is 6.14. The molecule has 0 aliphatic rings. The van der Waals surface area contributed by atoms with Crippen molar-refractivity contribution < 1.29 is 13.5 Å². The van der Waals surface area contributed by atoms with E-state index in [0.29, 0.717) is 28.9 Å². The number of fused-ring (bicyclic) bond motifs is 2. The van der Waals surface area contributed by atoms with Gasteiger partial charge in [0.15, 0.2) is 5.43 Å². The Bertz CT molecular complexity index is 1210. The number of ether oxygens (including phenoxy) is 1. The van der Waals surface area contributed by atoms with E-state index in [0.717, 1.165) is 48.8 Å². The van der Waals surface area contributed by atoms with Crippen LogP contribution in [-0.2, 0) is 6.42 Å². The fraction of sp³-hybridized carbons (Fsp3) is 0.292. The third-order valence-electron chi connectivity index (χ3n) is 5.25. The standard InChI is InChI=1S/C24H25FN2O3/c1-16-15-30-23-13-19(6-7-20(23)24(16)28)29-11-10-26-9-3-2-4-17-14-27-22-8-5-18(25)12-21(17)22/h5-8,12-15,26-27H,2-4,9-11H2,1H3. The van der Waals surface area contributed by atoms with E-state index in [-0.39, 0.29) is 11.2 Å². The Hall–Kier alpha value is -3.12. The lowest BCUT2D eigenvalue weighted by Crippen LogP contribution is -2.22. The van der Waals surface area contributed by atoms with Gasteiger partial charge in [-0.2, -0.15) is 0 Å². The van der Waals surface area contributed by atoms with Crippen molar-refractivity contribution in [3.05, 3.63) is 76.0 Å². The predicted octanol–water partition coefficient (Wildman–Crippen LogP) is 4.71. The van der Waals surface area contributed by atoms with Crippen LogP contribution in [-0.4, -0.2) is 24.7 Å². The van der Waals surface area contributed by atoms with E-state index >= 15 is 0 Å². The normalized spacial score (nSPS) is 11.4. The van der Waals surface area contributed by atoms with Gasteiger partial charge in [0.25, 0.3) is 0 Å². The molecule has 0 spiro atoms. The zero-order chi connectivity index (χ0) is 20.9. The van der Waals surface area contributed by atoms with E-state index in [1.807, 2.05) is 6.20 Å². The maximum atomic E-state index is 13.4. The maximum Gasteiger partial charge on any atom is 0.195 e. The molecule has 0 saturated heterocycles. The highest BCUT2D eigenvalue weighted by atomic mass is 19.1. The molecule has 0 radical (unpaired) electrons. The molecule has 2 aromatic carbocycles. The van der Waals surface area contributed by atoms with Crippen molar-refractivity contribution in [2.24, 2.45) is 0 Å². The fourth-order valence-electron chi connectivity index (χ4n) is 3.58. The van der Waals surface area contributed by atoms with Gasteiger partial charge in [-0.3, -0.25) is 4.79 Å². The van der Waals surface area contributed by atoms with Crippen LogP contribution in [0, 0.1) is 12.7 Å². The average Bonchev–Trinajstić information content (AvgIpc) is 3.14. The Morgan fingerprint density at radius 3 is 2.90 bits per heavy atom. The van der Waals surface area contributed by atoms with Gasteiger partial charge in [-0.05, 0) is 68.6 Å². The minimum Gasteiger partial charge on any atom is -0.492 e. The smallest absolute Gasteiger partial charge is 0.195 e. The minimum atomic E-state index is -0.200. The fourth-order valence-corrected chi connectivity index (χ4v) is 3.58. The van der Waals surface area contributed by atoms with E-state index in [2.05, 4.69) is 10.3 Å². The van der Waals surface area contributed by atoms with Crippen molar-refractivity contribution in [3.63, 3.8) is 0 Å². The SMILES string of the molecule is Cc1coc2cc(OCCNCCCCc3c[nH]c4ccc(F)cc34)ccc2c1=O. The van der Waals surface area contributed by atoms with Gasteiger partial charge < -0.3 is 19.5 Å². The van der Waals surface area contributed by atoms with Crippen LogP contribution in [0.5, 0.6) is 5.75 Å². The quantitative estimate of drug-likeness (QED) is 0.394. The topological polar surface area (TPSA) is 67.3 Å². The summed E-state index contributed by atoms with van der Waals surface area (Å²) in [5.74, 6) is 0.483. The number of unbranched alkanes of at least 4 members (excludes halogenated alkanes) is 1. The second kappa shape index (κ2) is 9.13. The van der Waals surface area contributed by atoms with Crippen LogP contribution < -0.4 is 15.5 Å². The molecular weight excluding hydrogens is 383 g/mol. The Morgan fingerprint density at radius 2 is 2.00 bits per heavy atom. The van der Waals surface area contributed by atoms with E-state index < -0.39 is 0 Å². The highest BCUT2D eigenvalue weighted by Crippen LogP contribution is 2.21. The number of aryl methyl sites for hydroxylation is 2. The van der Waals surface area contributed by atoms with E-state index in [9.17, 15) is 9.18 Å². The molecule has 2 aromatic heterocycles. The van der Waals surface area contributed by atoms with Crippen molar-refractivity contribution >= 4 is 21.9 Å². The second-order valence-electron chi connectivity index (χ2n) is 7.47. The Balaban J connectivity index is 1.16. The molecule has 30 heavy (non-hydrogen) atoms. The van der Waals surface area contributed by atoms with Gasteiger partial charge in [0.05, 0.1) is 11.6 Å². The first-order valence-corrected chi connectivity index (χ1v) is 10.2. The summed E-state index contributed by atoms with van der Waals surface area (Å²) in [7, 11) is 0. The summed E-state index contributed by atoms with van der Waals surface area (Å²) in [5.41, 5.74) is 3.25. The molecule has 0 aliphatic heterocycles. The minimum absolute atomic E-state index is 0.0118. The van der Waals surface area contributed by atoms with Gasteiger partial charge in [-0.15, -0.1) is 0 Å². The van der Waals surface area contributed by atoms with Crippen LogP contribution in [0.2, 0.25) is 0 Å². The lowest BCUT2D eigenvalue weighted by Gasteiger charge is -2.08. The third kappa shape index (κ3) is 4.54. The third-order valence-corrected chi connectivity index (χ3v) is 5.25. The van der Waals surface area contributed by atoms with Gasteiger partial charge in [-0.1, -0.05) is 0 Å². The summed E-state index contributed by atoms with van der Waals surface area (Å²) in [4.78, 5) is 15.2. The number of aromatic amines is 1. The Morgan fingerprint density at radius 1 is 1.10 bits per heavy atom. The zero-order valence-corrected chi connectivity index (χ0v) is 17.0. The van der Waals surface area contributed by atoms with Crippen LogP contribution in [0.25, 0.3) is 21.9 Å². The van der Waals surface area contributed by atoms with Gasteiger partial charge in [0, 0.05) is 35.3 Å². The van der Waals surface area contributed by atoms with E-state index in [1.54, 1.807) is 37.3 Å². The van der Waals surface area contributed by atoms with Crippen molar-refractivity contribution in [2.45, 2.75) is 26.2 Å². The van der Waals surface area contributed by atoms with Crippen molar-refractivity contribution in [1.29, 1.82) is 0 Å². The first-order chi connectivity index (χ1) is 14.6. The molecule has 4 rings (SSSR count). The number of benzene rings is 2. The number of nitrogens with one attached hydrogen (secondary N) is 2. The summed E-state index contributed by atoms with van der Waals surface area (Å²) in [6, 6.07) is 10.1. The molecule has 0 saturated carbocycles. The maximum absolute atomic E-state index is 13.4. The zero-order valence-electron chi connectivity index (χ0n) is 17.0. The number of hydrogen-bond acceptors (Lipinski definition) is 4. The number of aromatic nitrogens is 1. The molecule has 4 aromatic rings. The molecule has 0 unspecified atom stereocenters. The van der Waals surface area contributed by atoms with Crippen molar-refractivity contribution in [2.75, 3.05) is 19.7 Å². The molecule has 5 nitrogen and oxygen atoms in total. The summed E-state index contributed by atoms with van der Waals surface area (Å²) in [6.45, 7) is 3.89. The largest absolute Gasteiger partial charge is 0.492 e. The highest BCUT2D eigenvalue weighted by molar-refractivity contribution is 5.83. The molecule has 6 heteroatoms. The van der Waals surface area contributed by atoms with Crippen LogP contribution in [0.3, 0.4) is 0 Å². The predicted molar refractivity (Wildman–Crippen MR) is 117 cm³/mol. The molecule has 0 amide bonds. The average molecular weight is 408 g/mol. The van der Waals surface area contributed by atoms with Gasteiger partial charge in [-0.25, -0.2) is 4.39 Å². The van der Waals surface area contributed by atoms with Crippen molar-refractivity contribution in [1.82, 2.24) is 10.3 Å². The first-order valence-electron chi connectivity index (χ1n) is 10.2. The monoisotopic (exact) mass is 408 g/mol. The van der Waals surface area contributed by atoms with E-state index in [4.69, 9.17) is 9.15 Å². The number of rotatable bonds is 9. The molecule has 0 aliphatic carbocycles. The summed E-state index contributed by atoms with van der Waals surface area (Å²) < 4.78 is 24.7. The number of hydrogen-bond donors (Lipinski definition) is 2. The van der Waals surface area contributed by atoms with Crippen LogP contribution in [0.15, 0.2) is 58.1 Å². The van der Waals surface area contributed by atoms with Crippen LogP contribution in [0.1, 0.15) is 24.0 Å². The van der Waals surface area contributed by atoms with Gasteiger partial charge >= 0.3 is 0 Å². The van der Waals surface area contributed by atoms with Crippen molar-refractivity contribution in [3.8, 4) is 5.75 Å². The number of halogens is 1. The first kappa shape index (κ1) is 20.2. The molecule has 2 N–H and O–H groups in total. The lowest BCUT2D eigenvalue weighted by molar-refractivity contribution is 0.313. The van der Waals surface area contributed by atoms with Gasteiger partial charge in [0.1, 0.15) is 23.8 Å². The van der Waals surface area contributed by atoms with Crippen LogP contribution in [0.4, 0.5) is 4.39 Å². The second-order valence-corrected chi connectivity index (χ2v) is 7.47. The summed E-state index contributed by atoms with van der Waals surface area (Å²) >= 11 is 0.